The van der Waals surface area contributed by atoms with Gasteiger partial charge in [0.1, 0.15) is 10.7 Å². The molecule has 2 aromatic heterocycles. The van der Waals surface area contributed by atoms with E-state index in [1.807, 2.05) is 32.0 Å². The molecule has 2 heterocycles. The van der Waals surface area contributed by atoms with Gasteiger partial charge in [0, 0.05) is 4.88 Å². The van der Waals surface area contributed by atoms with Crippen LogP contribution in [-0.2, 0) is 6.54 Å². The Morgan fingerprint density at radius 1 is 1.20 bits per heavy atom. The van der Waals surface area contributed by atoms with E-state index in [1.54, 1.807) is 15.9 Å². The molecule has 1 aromatic carbocycles. The van der Waals surface area contributed by atoms with Gasteiger partial charge in [0.25, 0.3) is 5.56 Å². The average Bonchev–Trinajstić information content (AvgIpc) is 2.77. The summed E-state index contributed by atoms with van der Waals surface area (Å²) < 4.78 is 1.76. The Kier molecular flexibility index (Phi) is 3.18. The summed E-state index contributed by atoms with van der Waals surface area (Å²) in [5.41, 5.74) is 2.41. The average molecular weight is 284 g/mol. The molecule has 0 fully saturated rings. The summed E-state index contributed by atoms with van der Waals surface area (Å²) in [5.74, 6) is 0.771. The van der Waals surface area contributed by atoms with Crippen LogP contribution in [0.3, 0.4) is 0 Å². The maximum atomic E-state index is 12.6. The molecule has 0 radical (unpaired) electrons. The van der Waals surface area contributed by atoms with Crippen LogP contribution in [0.1, 0.15) is 21.8 Å². The first kappa shape index (κ1) is 13.1. The van der Waals surface area contributed by atoms with E-state index in [9.17, 15) is 4.79 Å². The Bertz CT molecular complexity index is 845. The summed E-state index contributed by atoms with van der Waals surface area (Å²) in [7, 11) is 0. The number of fused-ring (bicyclic) bond motifs is 1. The van der Waals surface area contributed by atoms with Gasteiger partial charge in [0.2, 0.25) is 0 Å². The monoisotopic (exact) mass is 284 g/mol. The molecule has 0 amide bonds. The molecule has 0 N–H and O–H groups in total. The van der Waals surface area contributed by atoms with E-state index in [2.05, 4.69) is 24.0 Å². The molecule has 0 saturated carbocycles. The third kappa shape index (κ3) is 2.16. The van der Waals surface area contributed by atoms with Crippen molar-refractivity contribution in [2.75, 3.05) is 0 Å². The summed E-state index contributed by atoms with van der Waals surface area (Å²) >= 11 is 1.57. The van der Waals surface area contributed by atoms with Crippen molar-refractivity contribution in [3.05, 3.63) is 62.5 Å². The van der Waals surface area contributed by atoms with Crippen molar-refractivity contribution in [3.8, 4) is 0 Å². The van der Waals surface area contributed by atoms with Crippen LogP contribution in [0.15, 0.2) is 35.1 Å². The van der Waals surface area contributed by atoms with E-state index in [-0.39, 0.29) is 5.56 Å². The molecule has 0 atom stereocenters. The van der Waals surface area contributed by atoms with E-state index in [4.69, 9.17) is 0 Å². The fourth-order valence-electron chi connectivity index (χ4n) is 2.38. The zero-order valence-electron chi connectivity index (χ0n) is 11.8. The largest absolute Gasteiger partial charge is 0.292 e. The van der Waals surface area contributed by atoms with E-state index >= 15 is 0 Å². The summed E-state index contributed by atoms with van der Waals surface area (Å²) in [5, 5.41) is 0.728. The molecule has 20 heavy (non-hydrogen) atoms. The van der Waals surface area contributed by atoms with Gasteiger partial charge in [0.15, 0.2) is 0 Å². The number of benzene rings is 1. The van der Waals surface area contributed by atoms with E-state index in [0.717, 1.165) is 26.5 Å². The fraction of sp³-hybridized carbons (Fsp3) is 0.250. The zero-order chi connectivity index (χ0) is 14.3. The molecule has 102 valence electrons. The number of hydrogen-bond donors (Lipinski definition) is 0. The van der Waals surface area contributed by atoms with Crippen LogP contribution in [0, 0.1) is 20.8 Å². The van der Waals surface area contributed by atoms with Gasteiger partial charge in [-0.25, -0.2) is 4.98 Å². The molecular formula is C16H16N2OS. The Balaban J connectivity index is 2.17. The van der Waals surface area contributed by atoms with E-state index in [1.165, 1.54) is 5.56 Å². The van der Waals surface area contributed by atoms with Crippen LogP contribution >= 0.6 is 11.3 Å². The molecule has 0 aliphatic heterocycles. The predicted octanol–water partition coefficient (Wildman–Crippen LogP) is 3.43. The minimum Gasteiger partial charge on any atom is -0.292 e. The third-order valence-electron chi connectivity index (χ3n) is 3.55. The van der Waals surface area contributed by atoms with Gasteiger partial charge in [-0.05, 0) is 38.0 Å². The van der Waals surface area contributed by atoms with Crippen LogP contribution < -0.4 is 5.56 Å². The highest BCUT2D eigenvalue weighted by Gasteiger charge is 2.11. The highest BCUT2D eigenvalue weighted by molar-refractivity contribution is 7.18. The molecule has 0 aliphatic rings. The highest BCUT2D eigenvalue weighted by atomic mass is 32.1. The molecule has 0 unspecified atom stereocenters. The minimum absolute atomic E-state index is 0.0557. The number of aromatic nitrogens is 2. The van der Waals surface area contributed by atoms with Crippen molar-refractivity contribution < 1.29 is 0 Å². The molecular weight excluding hydrogens is 268 g/mol. The number of thiophene rings is 1. The fourth-order valence-corrected chi connectivity index (χ4v) is 3.30. The van der Waals surface area contributed by atoms with Crippen molar-refractivity contribution in [2.24, 2.45) is 0 Å². The molecule has 0 spiro atoms. The maximum absolute atomic E-state index is 12.6. The normalized spacial score (nSPS) is 11.2. The molecule has 3 nitrogen and oxygen atoms in total. The van der Waals surface area contributed by atoms with Crippen LogP contribution in [0.4, 0.5) is 0 Å². The Morgan fingerprint density at radius 2 is 1.95 bits per heavy atom. The molecule has 0 bridgehead atoms. The molecule has 3 rings (SSSR count). The Labute approximate surface area is 121 Å². The number of nitrogens with zero attached hydrogens (tertiary/aromatic N) is 2. The minimum atomic E-state index is 0.0557. The predicted molar refractivity (Wildman–Crippen MR) is 83.6 cm³/mol. The topological polar surface area (TPSA) is 34.9 Å². The molecule has 0 saturated heterocycles. The second-order valence-electron chi connectivity index (χ2n) is 5.05. The quantitative estimate of drug-likeness (QED) is 0.722. The van der Waals surface area contributed by atoms with Gasteiger partial charge in [0.05, 0.1) is 11.9 Å². The second kappa shape index (κ2) is 4.87. The second-order valence-corrected chi connectivity index (χ2v) is 6.29. The van der Waals surface area contributed by atoms with Gasteiger partial charge >= 0.3 is 0 Å². The summed E-state index contributed by atoms with van der Waals surface area (Å²) in [6.45, 7) is 6.55. The van der Waals surface area contributed by atoms with Gasteiger partial charge in [-0.15, -0.1) is 11.3 Å². The van der Waals surface area contributed by atoms with Crippen molar-refractivity contribution >= 4 is 21.6 Å². The maximum Gasteiger partial charge on any atom is 0.262 e. The van der Waals surface area contributed by atoms with Gasteiger partial charge < -0.3 is 0 Å². The van der Waals surface area contributed by atoms with Crippen molar-refractivity contribution in [1.82, 2.24) is 9.55 Å². The first-order valence-corrected chi connectivity index (χ1v) is 7.40. The van der Waals surface area contributed by atoms with Crippen molar-refractivity contribution in [3.63, 3.8) is 0 Å². The van der Waals surface area contributed by atoms with E-state index < -0.39 is 0 Å². The Hall–Kier alpha value is -1.94. The van der Waals surface area contributed by atoms with Gasteiger partial charge in [-0.2, -0.15) is 0 Å². The molecule has 0 aliphatic carbocycles. The van der Waals surface area contributed by atoms with E-state index in [0.29, 0.717) is 6.54 Å². The first-order chi connectivity index (χ1) is 9.56. The lowest BCUT2D eigenvalue weighted by molar-refractivity contribution is 0.711. The van der Waals surface area contributed by atoms with Gasteiger partial charge in [-0.1, -0.05) is 24.3 Å². The highest BCUT2D eigenvalue weighted by Crippen LogP contribution is 2.21. The lowest BCUT2D eigenvalue weighted by atomic mass is 10.1. The summed E-state index contributed by atoms with van der Waals surface area (Å²) in [6, 6.07) is 10.1. The first-order valence-electron chi connectivity index (χ1n) is 6.58. The Morgan fingerprint density at radius 3 is 2.70 bits per heavy atom. The van der Waals surface area contributed by atoms with Crippen LogP contribution in [0.25, 0.3) is 10.2 Å². The van der Waals surface area contributed by atoms with Crippen LogP contribution in [-0.4, -0.2) is 9.55 Å². The molecule has 3 aromatic rings. The SMILES string of the molecule is Cc1cc2c(=O)n(Cc3ccccc3C)c(C)nc2s1. The smallest absolute Gasteiger partial charge is 0.262 e. The number of rotatable bonds is 2. The summed E-state index contributed by atoms with van der Waals surface area (Å²) in [4.78, 5) is 19.1. The number of hydrogen-bond acceptors (Lipinski definition) is 3. The summed E-state index contributed by atoms with van der Waals surface area (Å²) in [6.07, 6.45) is 0. The van der Waals surface area contributed by atoms with Gasteiger partial charge in [-0.3, -0.25) is 9.36 Å². The molecule has 4 heteroatoms. The zero-order valence-corrected chi connectivity index (χ0v) is 12.6. The van der Waals surface area contributed by atoms with Crippen LogP contribution in [0.2, 0.25) is 0 Å². The van der Waals surface area contributed by atoms with Crippen LogP contribution in [0.5, 0.6) is 0 Å². The lowest BCUT2D eigenvalue weighted by Crippen LogP contribution is -2.24. The standard InChI is InChI=1S/C16H16N2OS/c1-10-6-4-5-7-13(10)9-18-12(3)17-15-14(16(18)19)8-11(2)20-15/h4-8H,9H2,1-3H3. The van der Waals surface area contributed by atoms with Crippen molar-refractivity contribution in [1.29, 1.82) is 0 Å². The van der Waals surface area contributed by atoms with Crippen molar-refractivity contribution in [2.45, 2.75) is 27.3 Å². The number of aryl methyl sites for hydroxylation is 3. The lowest BCUT2D eigenvalue weighted by Gasteiger charge is -2.11. The third-order valence-corrected chi connectivity index (χ3v) is 4.50.